The van der Waals surface area contributed by atoms with E-state index in [1.807, 2.05) is 11.8 Å². The topological polar surface area (TPSA) is 26.0 Å². The molecule has 2 heteroatoms. The summed E-state index contributed by atoms with van der Waals surface area (Å²) in [5.41, 5.74) is 6.74. The van der Waals surface area contributed by atoms with Gasteiger partial charge in [0, 0.05) is 16.7 Å². The van der Waals surface area contributed by atoms with Crippen molar-refractivity contribution in [2.24, 2.45) is 11.7 Å². The number of nitrogens with two attached hydrogens (primary N) is 1. The lowest BCUT2D eigenvalue weighted by atomic mass is 10.2. The van der Waals surface area contributed by atoms with Gasteiger partial charge in [0.2, 0.25) is 0 Å². The quantitative estimate of drug-likeness (QED) is 0.770. The van der Waals surface area contributed by atoms with E-state index in [0.717, 1.165) is 0 Å². The molecule has 1 atom stereocenters. The fraction of sp³-hybridized carbons (Fsp3) is 0.500. The lowest BCUT2D eigenvalue weighted by Gasteiger charge is -2.14. The van der Waals surface area contributed by atoms with Crippen molar-refractivity contribution < 1.29 is 0 Å². The van der Waals surface area contributed by atoms with Crippen molar-refractivity contribution >= 4 is 11.8 Å². The summed E-state index contributed by atoms with van der Waals surface area (Å²) in [7, 11) is 0. The highest BCUT2D eigenvalue weighted by Crippen LogP contribution is 2.27. The van der Waals surface area contributed by atoms with E-state index in [1.165, 1.54) is 10.5 Å². The lowest BCUT2D eigenvalue weighted by molar-refractivity contribution is 0.642. The molecule has 0 aromatic heterocycles. The van der Waals surface area contributed by atoms with Gasteiger partial charge in [-0.15, -0.1) is 11.8 Å². The molecule has 14 heavy (non-hydrogen) atoms. The summed E-state index contributed by atoms with van der Waals surface area (Å²) >= 11 is 1.93. The van der Waals surface area contributed by atoms with Crippen LogP contribution in [0.1, 0.15) is 26.3 Å². The van der Waals surface area contributed by atoms with E-state index >= 15 is 0 Å². The van der Waals surface area contributed by atoms with Crippen molar-refractivity contribution in [3.63, 3.8) is 0 Å². The molecule has 0 saturated heterocycles. The molecule has 0 amide bonds. The van der Waals surface area contributed by atoms with Crippen LogP contribution < -0.4 is 5.73 Å². The molecule has 0 spiro atoms. The van der Waals surface area contributed by atoms with Crippen LogP contribution in [0.25, 0.3) is 0 Å². The molecule has 0 radical (unpaired) electrons. The minimum Gasteiger partial charge on any atom is -0.326 e. The van der Waals surface area contributed by atoms with Crippen LogP contribution in [0.5, 0.6) is 0 Å². The maximum absolute atomic E-state index is 5.54. The maximum atomic E-state index is 5.54. The first kappa shape index (κ1) is 11.6. The smallest absolute Gasteiger partial charge is 0.0178 e. The Labute approximate surface area is 91.1 Å². The highest BCUT2D eigenvalue weighted by Gasteiger charge is 2.08. The van der Waals surface area contributed by atoms with Crippen LogP contribution in [0, 0.1) is 5.92 Å². The Hall–Kier alpha value is -0.470. The van der Waals surface area contributed by atoms with Gasteiger partial charge in [-0.1, -0.05) is 32.9 Å². The third kappa shape index (κ3) is 3.35. The number of rotatable bonds is 4. The van der Waals surface area contributed by atoms with Gasteiger partial charge in [-0.3, -0.25) is 0 Å². The van der Waals surface area contributed by atoms with Crippen LogP contribution in [-0.4, -0.2) is 5.25 Å². The molecule has 1 unspecified atom stereocenters. The van der Waals surface area contributed by atoms with Gasteiger partial charge < -0.3 is 5.73 Å². The summed E-state index contributed by atoms with van der Waals surface area (Å²) in [6.07, 6.45) is 0. The second-order valence-electron chi connectivity index (χ2n) is 3.92. The summed E-state index contributed by atoms with van der Waals surface area (Å²) in [4.78, 5) is 1.34. The predicted octanol–water partition coefficient (Wildman–Crippen LogP) is 3.28. The molecular weight excluding hydrogens is 190 g/mol. The summed E-state index contributed by atoms with van der Waals surface area (Å²) in [5, 5.41) is 0.665. The number of hydrogen-bond donors (Lipinski definition) is 1. The summed E-state index contributed by atoms with van der Waals surface area (Å²) in [6.45, 7) is 7.41. The van der Waals surface area contributed by atoms with E-state index < -0.39 is 0 Å². The van der Waals surface area contributed by atoms with Gasteiger partial charge in [0.25, 0.3) is 0 Å². The summed E-state index contributed by atoms with van der Waals surface area (Å²) < 4.78 is 0. The Morgan fingerprint density at radius 3 is 2.14 bits per heavy atom. The molecule has 0 heterocycles. The van der Waals surface area contributed by atoms with Crippen LogP contribution in [0.15, 0.2) is 29.2 Å². The standard InChI is InChI=1S/C12H19NS/c1-9(2)10(3)14-12-6-4-11(8-13)5-7-12/h4-7,9-10H,8,13H2,1-3H3. The van der Waals surface area contributed by atoms with Gasteiger partial charge in [-0.25, -0.2) is 0 Å². The molecule has 1 aromatic carbocycles. The molecule has 0 aliphatic carbocycles. The second kappa shape index (κ2) is 5.42. The van der Waals surface area contributed by atoms with Crippen LogP contribution >= 0.6 is 11.8 Å². The van der Waals surface area contributed by atoms with Crippen molar-refractivity contribution in [1.82, 2.24) is 0 Å². The zero-order valence-electron chi connectivity index (χ0n) is 9.16. The van der Waals surface area contributed by atoms with Crippen molar-refractivity contribution in [3.05, 3.63) is 29.8 Å². The lowest BCUT2D eigenvalue weighted by Crippen LogP contribution is -2.05. The average molecular weight is 209 g/mol. The maximum Gasteiger partial charge on any atom is 0.0178 e. The molecule has 0 bridgehead atoms. The van der Waals surface area contributed by atoms with Crippen molar-refractivity contribution in [1.29, 1.82) is 0 Å². The van der Waals surface area contributed by atoms with Gasteiger partial charge in [0.1, 0.15) is 0 Å². The molecular formula is C12H19NS. The zero-order chi connectivity index (χ0) is 10.6. The fourth-order valence-electron chi connectivity index (χ4n) is 1.05. The third-order valence-corrected chi connectivity index (χ3v) is 3.88. The first-order chi connectivity index (χ1) is 6.63. The molecule has 1 nitrogen and oxygen atoms in total. The monoisotopic (exact) mass is 209 g/mol. The Bertz CT molecular complexity index is 266. The second-order valence-corrected chi connectivity index (χ2v) is 5.37. The molecule has 2 N–H and O–H groups in total. The Morgan fingerprint density at radius 2 is 1.71 bits per heavy atom. The van der Waals surface area contributed by atoms with Gasteiger partial charge in [-0.05, 0) is 23.6 Å². The molecule has 1 aromatic rings. The zero-order valence-corrected chi connectivity index (χ0v) is 9.97. The van der Waals surface area contributed by atoms with Gasteiger partial charge >= 0.3 is 0 Å². The summed E-state index contributed by atoms with van der Waals surface area (Å²) in [6, 6.07) is 8.53. The molecule has 0 aliphatic heterocycles. The first-order valence-electron chi connectivity index (χ1n) is 5.09. The third-order valence-electron chi connectivity index (χ3n) is 2.42. The fourth-order valence-corrected chi connectivity index (χ4v) is 2.05. The Morgan fingerprint density at radius 1 is 1.14 bits per heavy atom. The van der Waals surface area contributed by atoms with E-state index in [-0.39, 0.29) is 0 Å². The van der Waals surface area contributed by atoms with Gasteiger partial charge in [-0.2, -0.15) is 0 Å². The number of hydrogen-bond acceptors (Lipinski definition) is 2. The molecule has 0 aliphatic rings. The molecule has 0 fully saturated rings. The van der Waals surface area contributed by atoms with Crippen LogP contribution in [0.3, 0.4) is 0 Å². The van der Waals surface area contributed by atoms with E-state index in [9.17, 15) is 0 Å². The Balaban J connectivity index is 2.59. The van der Waals surface area contributed by atoms with Crippen LogP contribution in [0.2, 0.25) is 0 Å². The summed E-state index contributed by atoms with van der Waals surface area (Å²) in [5.74, 6) is 0.717. The minimum absolute atomic E-state index is 0.630. The van der Waals surface area contributed by atoms with E-state index in [0.29, 0.717) is 17.7 Å². The van der Waals surface area contributed by atoms with E-state index in [2.05, 4.69) is 45.0 Å². The minimum atomic E-state index is 0.630. The molecule has 1 rings (SSSR count). The molecule has 78 valence electrons. The van der Waals surface area contributed by atoms with Crippen LogP contribution in [-0.2, 0) is 6.54 Å². The normalized spacial score (nSPS) is 13.2. The first-order valence-corrected chi connectivity index (χ1v) is 5.97. The van der Waals surface area contributed by atoms with Crippen molar-refractivity contribution in [2.75, 3.05) is 0 Å². The SMILES string of the molecule is CC(C)C(C)Sc1ccc(CN)cc1. The average Bonchev–Trinajstić information content (AvgIpc) is 2.19. The van der Waals surface area contributed by atoms with E-state index in [4.69, 9.17) is 5.73 Å². The largest absolute Gasteiger partial charge is 0.326 e. The van der Waals surface area contributed by atoms with Crippen LogP contribution in [0.4, 0.5) is 0 Å². The van der Waals surface area contributed by atoms with Gasteiger partial charge in [0.05, 0.1) is 0 Å². The molecule has 0 saturated carbocycles. The van der Waals surface area contributed by atoms with Gasteiger partial charge in [0.15, 0.2) is 0 Å². The van der Waals surface area contributed by atoms with Crippen molar-refractivity contribution in [3.8, 4) is 0 Å². The highest BCUT2D eigenvalue weighted by atomic mass is 32.2. The van der Waals surface area contributed by atoms with Crippen molar-refractivity contribution in [2.45, 2.75) is 37.5 Å². The Kier molecular flexibility index (Phi) is 4.49. The number of benzene rings is 1. The highest BCUT2D eigenvalue weighted by molar-refractivity contribution is 8.00. The van der Waals surface area contributed by atoms with E-state index in [1.54, 1.807) is 0 Å². The number of thioether (sulfide) groups is 1. The predicted molar refractivity (Wildman–Crippen MR) is 64.5 cm³/mol.